The van der Waals surface area contributed by atoms with Gasteiger partial charge >= 0.3 is 0 Å². The summed E-state index contributed by atoms with van der Waals surface area (Å²) in [5, 5.41) is 3.21. The third-order valence-electron chi connectivity index (χ3n) is 2.15. The van der Waals surface area contributed by atoms with Gasteiger partial charge in [-0.15, -0.1) is 11.3 Å². The van der Waals surface area contributed by atoms with E-state index in [4.69, 9.17) is 32.7 Å². The molecule has 0 unspecified atom stereocenters. The lowest BCUT2D eigenvalue weighted by Gasteiger charge is -2.05. The van der Waals surface area contributed by atoms with E-state index in [0.29, 0.717) is 13.2 Å². The summed E-state index contributed by atoms with van der Waals surface area (Å²) >= 11 is 13.2. The average molecular weight is 298 g/mol. The average Bonchev–Trinajstić information content (AvgIpc) is 2.61. The fraction of sp³-hybridized carbons (Fsp3) is 0.636. The van der Waals surface area contributed by atoms with Gasteiger partial charge in [-0.3, -0.25) is 0 Å². The highest BCUT2D eigenvalue weighted by atomic mass is 35.5. The normalized spacial score (nSPS) is 11.0. The Morgan fingerprint density at radius 1 is 1.24 bits per heavy atom. The highest BCUT2D eigenvalue weighted by molar-refractivity contribution is 7.20. The van der Waals surface area contributed by atoms with Crippen LogP contribution in [0.5, 0.6) is 0 Å². The van der Waals surface area contributed by atoms with Crippen LogP contribution in [0.25, 0.3) is 0 Å². The van der Waals surface area contributed by atoms with Crippen LogP contribution >= 0.6 is 34.5 Å². The zero-order chi connectivity index (χ0) is 12.5. The number of nitrogens with one attached hydrogen (secondary N) is 1. The van der Waals surface area contributed by atoms with E-state index in [2.05, 4.69) is 5.32 Å². The molecule has 0 radical (unpaired) electrons. The Balaban J connectivity index is 1.99. The quantitative estimate of drug-likeness (QED) is 0.711. The Morgan fingerprint density at radius 3 is 2.65 bits per heavy atom. The molecule has 1 aromatic rings. The first-order valence-electron chi connectivity index (χ1n) is 5.45. The molecule has 1 aromatic heterocycles. The van der Waals surface area contributed by atoms with Crippen molar-refractivity contribution in [1.29, 1.82) is 0 Å². The van der Waals surface area contributed by atoms with Crippen LogP contribution in [0.15, 0.2) is 6.07 Å². The van der Waals surface area contributed by atoms with Crippen LogP contribution in [-0.2, 0) is 15.9 Å². The molecule has 0 aliphatic rings. The van der Waals surface area contributed by atoms with Crippen LogP contribution < -0.4 is 5.32 Å². The summed E-state index contributed by atoms with van der Waals surface area (Å²) in [6, 6.07) is 1.90. The lowest BCUT2D eigenvalue weighted by molar-refractivity contribution is 0.135. The predicted molar refractivity (Wildman–Crippen MR) is 73.6 cm³/mol. The molecule has 0 aliphatic heterocycles. The number of thiophene rings is 1. The van der Waals surface area contributed by atoms with Crippen molar-refractivity contribution >= 4 is 34.5 Å². The first-order chi connectivity index (χ1) is 8.24. The van der Waals surface area contributed by atoms with E-state index in [9.17, 15) is 0 Å². The van der Waals surface area contributed by atoms with Crippen LogP contribution in [0, 0.1) is 0 Å². The van der Waals surface area contributed by atoms with Crippen LogP contribution in [0.2, 0.25) is 8.67 Å². The lowest BCUT2D eigenvalue weighted by Crippen LogP contribution is -2.23. The molecule has 1 heterocycles. The second-order valence-electron chi connectivity index (χ2n) is 3.45. The molecule has 1 rings (SSSR count). The molecule has 6 heteroatoms. The summed E-state index contributed by atoms with van der Waals surface area (Å²) in [5.41, 5.74) is 1.06. The summed E-state index contributed by atoms with van der Waals surface area (Å²) in [6.07, 6.45) is 0.806. The first-order valence-corrected chi connectivity index (χ1v) is 7.02. The van der Waals surface area contributed by atoms with Crippen molar-refractivity contribution < 1.29 is 9.47 Å². The van der Waals surface area contributed by atoms with Gasteiger partial charge in [-0.25, -0.2) is 0 Å². The van der Waals surface area contributed by atoms with E-state index in [1.165, 1.54) is 11.3 Å². The highest BCUT2D eigenvalue weighted by Crippen LogP contribution is 2.31. The van der Waals surface area contributed by atoms with E-state index in [1.54, 1.807) is 7.11 Å². The molecular formula is C11H17Cl2NO2S. The summed E-state index contributed by atoms with van der Waals surface area (Å²) in [4.78, 5) is 0. The number of halogens is 2. The smallest absolute Gasteiger partial charge is 0.0977 e. The molecule has 0 bridgehead atoms. The minimum atomic E-state index is 0.665. The Bertz CT molecular complexity index is 320. The maximum Gasteiger partial charge on any atom is 0.0977 e. The largest absolute Gasteiger partial charge is 0.383 e. The monoisotopic (exact) mass is 297 g/mol. The summed E-state index contributed by atoms with van der Waals surface area (Å²) in [5.74, 6) is 0. The summed E-state index contributed by atoms with van der Waals surface area (Å²) in [6.45, 7) is 3.77. The van der Waals surface area contributed by atoms with Gasteiger partial charge in [-0.05, 0) is 18.1 Å². The molecule has 0 amide bonds. The van der Waals surface area contributed by atoms with E-state index >= 15 is 0 Å². The Hall–Kier alpha value is 0.160. The molecule has 17 heavy (non-hydrogen) atoms. The van der Waals surface area contributed by atoms with Gasteiger partial charge in [0.2, 0.25) is 0 Å². The number of hydrogen-bond acceptors (Lipinski definition) is 4. The molecule has 0 fully saturated rings. The van der Waals surface area contributed by atoms with Crippen molar-refractivity contribution in [2.75, 3.05) is 40.0 Å². The van der Waals surface area contributed by atoms with Gasteiger partial charge in [-0.2, -0.15) is 0 Å². The highest BCUT2D eigenvalue weighted by Gasteiger charge is 2.05. The van der Waals surface area contributed by atoms with Crippen LogP contribution in [0.3, 0.4) is 0 Å². The molecule has 3 nitrogen and oxygen atoms in total. The van der Waals surface area contributed by atoms with Gasteiger partial charge in [0.25, 0.3) is 0 Å². The molecule has 1 N–H and O–H groups in total. The van der Waals surface area contributed by atoms with E-state index in [0.717, 1.165) is 40.4 Å². The summed E-state index contributed by atoms with van der Waals surface area (Å²) < 4.78 is 11.9. The van der Waals surface area contributed by atoms with Crippen molar-refractivity contribution in [3.05, 3.63) is 20.3 Å². The minimum Gasteiger partial charge on any atom is -0.383 e. The predicted octanol–water partition coefficient (Wildman–Crippen LogP) is 2.85. The molecule has 98 valence electrons. The first kappa shape index (κ1) is 15.2. The van der Waals surface area contributed by atoms with E-state index in [1.807, 2.05) is 6.07 Å². The lowest BCUT2D eigenvalue weighted by atomic mass is 10.2. The maximum absolute atomic E-state index is 5.99. The van der Waals surface area contributed by atoms with Crippen molar-refractivity contribution in [2.45, 2.75) is 6.42 Å². The topological polar surface area (TPSA) is 30.5 Å². The molecular weight excluding hydrogens is 281 g/mol. The Labute approximate surface area is 116 Å². The molecule has 0 saturated heterocycles. The van der Waals surface area contributed by atoms with Crippen molar-refractivity contribution in [3.8, 4) is 0 Å². The number of ether oxygens (including phenoxy) is 2. The minimum absolute atomic E-state index is 0.665. The third-order valence-corrected chi connectivity index (χ3v) is 3.72. The van der Waals surface area contributed by atoms with Crippen molar-refractivity contribution in [1.82, 2.24) is 5.32 Å². The van der Waals surface area contributed by atoms with Gasteiger partial charge in [-0.1, -0.05) is 23.2 Å². The molecule has 0 saturated carbocycles. The maximum atomic E-state index is 5.99. The van der Waals surface area contributed by atoms with E-state index in [-0.39, 0.29) is 0 Å². The molecule has 0 spiro atoms. The zero-order valence-electron chi connectivity index (χ0n) is 9.80. The molecule has 0 aliphatic carbocycles. The van der Waals surface area contributed by atoms with E-state index < -0.39 is 0 Å². The second-order valence-corrected chi connectivity index (χ2v) is 5.74. The molecule has 0 atom stereocenters. The number of hydrogen-bond donors (Lipinski definition) is 1. The third kappa shape index (κ3) is 6.60. The fourth-order valence-electron chi connectivity index (χ4n) is 1.27. The Kier molecular flexibility index (Phi) is 8.18. The fourth-order valence-corrected chi connectivity index (χ4v) is 2.82. The Morgan fingerprint density at radius 2 is 2.00 bits per heavy atom. The summed E-state index contributed by atoms with van der Waals surface area (Å²) in [7, 11) is 1.69. The van der Waals surface area contributed by atoms with Crippen LogP contribution in [0.4, 0.5) is 0 Å². The van der Waals surface area contributed by atoms with Crippen molar-refractivity contribution in [3.63, 3.8) is 0 Å². The SMILES string of the molecule is COCCNCCOCCc1cc(Cl)sc1Cl. The van der Waals surface area contributed by atoms with Crippen molar-refractivity contribution in [2.24, 2.45) is 0 Å². The van der Waals surface area contributed by atoms with Crippen LogP contribution in [-0.4, -0.2) is 40.0 Å². The van der Waals surface area contributed by atoms with Gasteiger partial charge in [0.15, 0.2) is 0 Å². The van der Waals surface area contributed by atoms with Gasteiger partial charge < -0.3 is 14.8 Å². The van der Waals surface area contributed by atoms with Crippen LogP contribution in [0.1, 0.15) is 5.56 Å². The second kappa shape index (κ2) is 9.14. The molecule has 0 aromatic carbocycles. The van der Waals surface area contributed by atoms with Gasteiger partial charge in [0.1, 0.15) is 0 Å². The van der Waals surface area contributed by atoms with Gasteiger partial charge in [0.05, 0.1) is 28.5 Å². The standard InChI is InChI=1S/C11H17Cl2NO2S/c1-15-6-3-14-4-7-16-5-2-9-8-10(12)17-11(9)13/h8,14H,2-7H2,1H3. The number of methoxy groups -OCH3 is 1. The number of rotatable bonds is 9. The van der Waals surface area contributed by atoms with Gasteiger partial charge in [0, 0.05) is 20.2 Å². The zero-order valence-corrected chi connectivity index (χ0v) is 12.1.